The fourth-order valence-electron chi connectivity index (χ4n) is 2.53. The number of carbonyl (C=O) groups excluding carboxylic acids is 1. The molecule has 0 saturated carbocycles. The quantitative estimate of drug-likeness (QED) is 0.693. The van der Waals surface area contributed by atoms with Gasteiger partial charge in [-0.1, -0.05) is 6.07 Å². The highest BCUT2D eigenvalue weighted by atomic mass is 19.4. The molecular formula is C18H18F3N5O2. The molecule has 0 saturated heterocycles. The van der Waals surface area contributed by atoms with Crippen LogP contribution in [0.3, 0.4) is 0 Å². The third-order valence-corrected chi connectivity index (χ3v) is 4.05. The molecule has 2 aromatic heterocycles. The first kappa shape index (κ1) is 19.5. The van der Waals surface area contributed by atoms with Crippen LogP contribution in [0.15, 0.2) is 42.7 Å². The van der Waals surface area contributed by atoms with E-state index in [9.17, 15) is 18.0 Å². The van der Waals surface area contributed by atoms with Gasteiger partial charge in [0.25, 0.3) is 5.91 Å². The molecule has 1 amide bonds. The second-order valence-electron chi connectivity index (χ2n) is 5.95. The third-order valence-electron chi connectivity index (χ3n) is 4.05. The Bertz CT molecular complexity index is 978. The Hall–Kier alpha value is -3.30. The summed E-state index contributed by atoms with van der Waals surface area (Å²) in [4.78, 5) is 12.3. The number of anilines is 1. The zero-order valence-corrected chi connectivity index (χ0v) is 15.2. The van der Waals surface area contributed by atoms with Gasteiger partial charge in [-0.05, 0) is 38.1 Å². The van der Waals surface area contributed by atoms with Gasteiger partial charge in [-0.15, -0.1) is 0 Å². The number of ether oxygens (including phenoxy) is 1. The van der Waals surface area contributed by atoms with E-state index >= 15 is 0 Å². The maximum atomic E-state index is 12.7. The lowest BCUT2D eigenvalue weighted by Crippen LogP contribution is -2.15. The topological polar surface area (TPSA) is 74.0 Å². The predicted octanol–water partition coefficient (Wildman–Crippen LogP) is 3.72. The van der Waals surface area contributed by atoms with Gasteiger partial charge in [-0.3, -0.25) is 9.48 Å². The van der Waals surface area contributed by atoms with E-state index in [0.29, 0.717) is 12.2 Å². The van der Waals surface area contributed by atoms with E-state index in [1.54, 1.807) is 10.9 Å². The summed E-state index contributed by atoms with van der Waals surface area (Å²) in [6.07, 6.45) is -1.38. The summed E-state index contributed by atoms with van der Waals surface area (Å²) in [7, 11) is 0. The maximum Gasteiger partial charge on any atom is 0.416 e. The first-order valence-corrected chi connectivity index (χ1v) is 8.45. The van der Waals surface area contributed by atoms with Crippen molar-refractivity contribution >= 4 is 11.6 Å². The fourth-order valence-corrected chi connectivity index (χ4v) is 2.53. The monoisotopic (exact) mass is 393 g/mol. The van der Waals surface area contributed by atoms with Crippen LogP contribution in [0.5, 0.6) is 5.75 Å². The average Bonchev–Trinajstić information content (AvgIpc) is 3.27. The van der Waals surface area contributed by atoms with Crippen molar-refractivity contribution in [3.63, 3.8) is 0 Å². The Morgan fingerprint density at radius 1 is 1.29 bits per heavy atom. The Balaban J connectivity index is 1.62. The number of rotatable bonds is 6. The van der Waals surface area contributed by atoms with Gasteiger partial charge in [0, 0.05) is 12.7 Å². The highest BCUT2D eigenvalue weighted by molar-refractivity contribution is 6.03. The van der Waals surface area contributed by atoms with Crippen LogP contribution in [-0.2, 0) is 19.5 Å². The van der Waals surface area contributed by atoms with Gasteiger partial charge >= 0.3 is 6.18 Å². The lowest BCUT2D eigenvalue weighted by atomic mass is 10.2. The molecule has 148 valence electrons. The molecule has 0 spiro atoms. The van der Waals surface area contributed by atoms with Crippen LogP contribution in [0.2, 0.25) is 0 Å². The molecule has 2 heterocycles. The highest BCUT2D eigenvalue weighted by Gasteiger charge is 2.30. The molecule has 7 nitrogen and oxygen atoms in total. The van der Waals surface area contributed by atoms with E-state index < -0.39 is 17.6 Å². The highest BCUT2D eigenvalue weighted by Crippen LogP contribution is 2.31. The van der Waals surface area contributed by atoms with Crippen molar-refractivity contribution in [2.24, 2.45) is 0 Å². The molecule has 0 atom stereocenters. The molecule has 0 aliphatic carbocycles. The summed E-state index contributed by atoms with van der Waals surface area (Å²) in [6, 6.07) is 6.04. The van der Waals surface area contributed by atoms with Crippen LogP contribution in [0.25, 0.3) is 0 Å². The second-order valence-corrected chi connectivity index (χ2v) is 5.95. The molecule has 3 aromatic rings. The zero-order valence-electron chi connectivity index (χ0n) is 15.2. The smallest absolute Gasteiger partial charge is 0.416 e. The van der Waals surface area contributed by atoms with Gasteiger partial charge in [0.15, 0.2) is 12.4 Å². The van der Waals surface area contributed by atoms with Gasteiger partial charge < -0.3 is 10.1 Å². The van der Waals surface area contributed by atoms with E-state index in [0.717, 1.165) is 17.8 Å². The number of benzene rings is 1. The Kier molecular flexibility index (Phi) is 5.39. The van der Waals surface area contributed by atoms with E-state index in [1.807, 2.05) is 13.8 Å². The fraction of sp³-hybridized carbons (Fsp3) is 0.278. The number of amides is 1. The average molecular weight is 393 g/mol. The van der Waals surface area contributed by atoms with Crippen molar-refractivity contribution in [2.75, 3.05) is 5.32 Å². The summed E-state index contributed by atoms with van der Waals surface area (Å²) in [6.45, 7) is 4.33. The van der Waals surface area contributed by atoms with Gasteiger partial charge in [0.05, 0.1) is 23.1 Å². The van der Waals surface area contributed by atoms with Crippen molar-refractivity contribution in [3.05, 3.63) is 59.7 Å². The maximum absolute atomic E-state index is 12.7. The number of nitrogens with one attached hydrogen (secondary N) is 1. The number of aromatic nitrogens is 4. The number of hydrogen-bond donors (Lipinski definition) is 1. The molecule has 0 fully saturated rings. The van der Waals surface area contributed by atoms with Crippen molar-refractivity contribution in [3.8, 4) is 5.75 Å². The van der Waals surface area contributed by atoms with Crippen molar-refractivity contribution in [1.82, 2.24) is 19.6 Å². The first-order chi connectivity index (χ1) is 13.3. The number of aryl methyl sites for hydroxylation is 1. The minimum absolute atomic E-state index is 0.0546. The first-order valence-electron chi connectivity index (χ1n) is 8.45. The Morgan fingerprint density at radius 3 is 2.75 bits per heavy atom. The summed E-state index contributed by atoms with van der Waals surface area (Å²) < 4.78 is 46.6. The standard InChI is InChI=1S/C18H18F3N5O2/c1-3-26-12(2)16(10-22-26)23-17(27)15-7-8-25(24-15)11-28-14-6-4-5-13(9-14)18(19,20)21/h4-10H,3,11H2,1-2H3,(H,23,27). The molecule has 0 aliphatic rings. The van der Waals surface area contributed by atoms with Gasteiger partial charge in [0.2, 0.25) is 0 Å². The van der Waals surface area contributed by atoms with Crippen LogP contribution in [0, 0.1) is 6.92 Å². The minimum Gasteiger partial charge on any atom is -0.471 e. The SMILES string of the molecule is CCn1ncc(NC(=O)c2ccn(COc3cccc(C(F)(F)F)c3)n2)c1C. The third kappa shape index (κ3) is 4.33. The van der Waals surface area contributed by atoms with E-state index in [4.69, 9.17) is 4.74 Å². The van der Waals surface area contributed by atoms with Gasteiger partial charge in [-0.2, -0.15) is 23.4 Å². The Labute approximate surface area is 158 Å². The molecule has 28 heavy (non-hydrogen) atoms. The summed E-state index contributed by atoms with van der Waals surface area (Å²) in [5.41, 5.74) is 0.759. The van der Waals surface area contributed by atoms with Gasteiger partial charge in [0.1, 0.15) is 5.75 Å². The number of halogens is 3. The largest absolute Gasteiger partial charge is 0.471 e. The van der Waals surface area contributed by atoms with Crippen LogP contribution < -0.4 is 10.1 Å². The molecular weight excluding hydrogens is 375 g/mol. The van der Waals surface area contributed by atoms with E-state index in [2.05, 4.69) is 15.5 Å². The van der Waals surface area contributed by atoms with Crippen LogP contribution >= 0.6 is 0 Å². The molecule has 0 unspecified atom stereocenters. The van der Waals surface area contributed by atoms with Gasteiger partial charge in [-0.25, -0.2) is 4.68 Å². The molecule has 0 bridgehead atoms. The van der Waals surface area contributed by atoms with E-state index in [-0.39, 0.29) is 18.2 Å². The normalized spacial score (nSPS) is 11.5. The summed E-state index contributed by atoms with van der Waals surface area (Å²) in [5, 5.41) is 11.0. The van der Waals surface area contributed by atoms with E-state index in [1.165, 1.54) is 29.1 Å². The van der Waals surface area contributed by atoms with Crippen LogP contribution in [0.4, 0.5) is 18.9 Å². The van der Waals surface area contributed by atoms with Crippen LogP contribution in [-0.4, -0.2) is 25.5 Å². The predicted molar refractivity (Wildman–Crippen MR) is 94.9 cm³/mol. The molecule has 10 heteroatoms. The minimum atomic E-state index is -4.44. The van der Waals surface area contributed by atoms with Crippen molar-refractivity contribution in [2.45, 2.75) is 33.3 Å². The summed E-state index contributed by atoms with van der Waals surface area (Å²) in [5.74, 6) is -0.365. The number of nitrogens with zero attached hydrogens (tertiary/aromatic N) is 4. The van der Waals surface area contributed by atoms with Crippen molar-refractivity contribution < 1.29 is 22.7 Å². The number of alkyl halides is 3. The molecule has 0 aliphatic heterocycles. The molecule has 1 N–H and O–H groups in total. The molecule has 3 rings (SSSR count). The number of carbonyl (C=O) groups is 1. The molecule has 1 aromatic carbocycles. The molecule has 0 radical (unpaired) electrons. The number of hydrogen-bond acceptors (Lipinski definition) is 4. The second kappa shape index (κ2) is 7.75. The van der Waals surface area contributed by atoms with Crippen LogP contribution in [0.1, 0.15) is 28.7 Å². The lowest BCUT2D eigenvalue weighted by Gasteiger charge is -2.10. The van der Waals surface area contributed by atoms with Crippen molar-refractivity contribution in [1.29, 1.82) is 0 Å². The summed E-state index contributed by atoms with van der Waals surface area (Å²) >= 11 is 0. The lowest BCUT2D eigenvalue weighted by molar-refractivity contribution is -0.137. The zero-order chi connectivity index (χ0) is 20.3. The Morgan fingerprint density at radius 2 is 2.07 bits per heavy atom.